The second kappa shape index (κ2) is 3.73. The van der Waals surface area contributed by atoms with Crippen LogP contribution >= 0.6 is 23.1 Å². The first-order valence-corrected chi connectivity index (χ1v) is 5.83. The molecule has 0 aromatic carbocycles. The lowest BCUT2D eigenvalue weighted by Gasteiger charge is -2.05. The van der Waals surface area contributed by atoms with Crippen LogP contribution in [0.4, 0.5) is 13.2 Å². The summed E-state index contributed by atoms with van der Waals surface area (Å²) >= 11 is 2.40. The van der Waals surface area contributed by atoms with Gasteiger partial charge in [0, 0.05) is 5.38 Å². The predicted molar refractivity (Wildman–Crippen MR) is 56.0 cm³/mol. The Hall–Kier alpha value is -0.660. The Kier molecular flexibility index (Phi) is 2.70. The molecule has 2 heterocycles. The van der Waals surface area contributed by atoms with Gasteiger partial charge in [0.15, 0.2) is 0 Å². The van der Waals surface area contributed by atoms with Crippen LogP contribution < -0.4 is 11.1 Å². The van der Waals surface area contributed by atoms with Crippen molar-refractivity contribution < 1.29 is 13.2 Å². The van der Waals surface area contributed by atoms with Crippen molar-refractivity contribution in [3.8, 4) is 0 Å². The summed E-state index contributed by atoms with van der Waals surface area (Å²) in [6, 6.07) is 1.13. The minimum absolute atomic E-state index is 0.267. The van der Waals surface area contributed by atoms with E-state index in [1.807, 2.05) is 0 Å². The van der Waals surface area contributed by atoms with Gasteiger partial charge in [0.25, 0.3) is 0 Å². The summed E-state index contributed by atoms with van der Waals surface area (Å²) in [4.78, 5) is 0.558. The van der Waals surface area contributed by atoms with Crippen LogP contribution in [0.3, 0.4) is 0 Å². The average Bonchev–Trinajstić information content (AvgIpc) is 2.69. The smallest absolute Gasteiger partial charge is 0.360 e. The molecule has 1 aliphatic heterocycles. The van der Waals surface area contributed by atoms with E-state index in [-0.39, 0.29) is 5.50 Å². The van der Waals surface area contributed by atoms with Crippen LogP contribution in [-0.4, -0.2) is 5.50 Å². The third-order valence-corrected chi connectivity index (χ3v) is 3.57. The summed E-state index contributed by atoms with van der Waals surface area (Å²) in [5.41, 5.74) is 5.32. The van der Waals surface area contributed by atoms with Gasteiger partial charge in [-0.25, -0.2) is 0 Å². The fourth-order valence-corrected chi connectivity index (χ4v) is 2.76. The number of thioether (sulfide) groups is 1. The third kappa shape index (κ3) is 2.30. The van der Waals surface area contributed by atoms with Gasteiger partial charge in [0.05, 0.1) is 16.1 Å². The molecule has 1 aliphatic rings. The molecule has 0 saturated carbocycles. The highest BCUT2D eigenvalue weighted by atomic mass is 32.2. The van der Waals surface area contributed by atoms with Gasteiger partial charge in [-0.15, -0.1) is 11.3 Å². The summed E-state index contributed by atoms with van der Waals surface area (Å²) in [6.45, 7) is 0. The SMILES string of the molecule is NC1NC(c2cc(C(F)(F)F)cs2)=CS1. The highest BCUT2D eigenvalue weighted by Crippen LogP contribution is 2.36. The quantitative estimate of drug-likeness (QED) is 0.807. The molecular formula is C8H7F3N2S2. The van der Waals surface area contributed by atoms with Gasteiger partial charge in [0.2, 0.25) is 0 Å². The van der Waals surface area contributed by atoms with E-state index in [0.29, 0.717) is 10.6 Å². The van der Waals surface area contributed by atoms with Gasteiger partial charge in [-0.05, 0) is 11.5 Å². The summed E-state index contributed by atoms with van der Waals surface area (Å²) in [7, 11) is 0. The number of alkyl halides is 3. The summed E-state index contributed by atoms with van der Waals surface area (Å²) in [6.07, 6.45) is -4.27. The van der Waals surface area contributed by atoms with E-state index in [1.165, 1.54) is 11.8 Å². The average molecular weight is 252 g/mol. The molecule has 1 unspecified atom stereocenters. The number of hydrogen-bond acceptors (Lipinski definition) is 4. The van der Waals surface area contributed by atoms with Crippen molar-refractivity contribution >= 4 is 28.8 Å². The third-order valence-electron chi connectivity index (χ3n) is 1.82. The largest absolute Gasteiger partial charge is 0.417 e. The van der Waals surface area contributed by atoms with E-state index in [2.05, 4.69) is 5.32 Å². The molecule has 0 spiro atoms. The molecule has 2 rings (SSSR count). The van der Waals surface area contributed by atoms with E-state index in [0.717, 1.165) is 22.8 Å². The van der Waals surface area contributed by atoms with Gasteiger partial charge in [-0.3, -0.25) is 0 Å². The zero-order valence-corrected chi connectivity index (χ0v) is 8.97. The Balaban J connectivity index is 2.21. The van der Waals surface area contributed by atoms with E-state index in [9.17, 15) is 13.2 Å². The van der Waals surface area contributed by atoms with Crippen molar-refractivity contribution in [1.29, 1.82) is 0 Å². The van der Waals surface area contributed by atoms with Crippen molar-refractivity contribution in [2.24, 2.45) is 5.73 Å². The maximum atomic E-state index is 12.3. The van der Waals surface area contributed by atoms with E-state index in [1.54, 1.807) is 5.41 Å². The highest BCUT2D eigenvalue weighted by molar-refractivity contribution is 8.03. The molecule has 0 saturated heterocycles. The van der Waals surface area contributed by atoms with Gasteiger partial charge >= 0.3 is 6.18 Å². The number of nitrogens with two attached hydrogens (primary N) is 1. The first-order chi connectivity index (χ1) is 6.97. The molecule has 0 radical (unpaired) electrons. The van der Waals surface area contributed by atoms with E-state index in [4.69, 9.17) is 5.73 Å². The Labute approximate surface area is 92.3 Å². The fourth-order valence-electron chi connectivity index (χ4n) is 1.12. The van der Waals surface area contributed by atoms with Crippen molar-refractivity contribution in [1.82, 2.24) is 5.32 Å². The van der Waals surface area contributed by atoms with Crippen LogP contribution in [0, 0.1) is 0 Å². The molecule has 1 aromatic heterocycles. The van der Waals surface area contributed by atoms with Crippen LogP contribution in [-0.2, 0) is 6.18 Å². The van der Waals surface area contributed by atoms with Crippen LogP contribution in [0.15, 0.2) is 16.9 Å². The van der Waals surface area contributed by atoms with Gasteiger partial charge < -0.3 is 11.1 Å². The predicted octanol–water partition coefficient (Wildman–Crippen LogP) is 2.64. The molecular weight excluding hydrogens is 245 g/mol. The molecule has 1 atom stereocenters. The molecule has 15 heavy (non-hydrogen) atoms. The summed E-state index contributed by atoms with van der Waals surface area (Å²) < 4.78 is 36.9. The lowest BCUT2D eigenvalue weighted by molar-refractivity contribution is -0.137. The van der Waals surface area contributed by atoms with Crippen molar-refractivity contribution in [3.05, 3.63) is 27.3 Å². The monoisotopic (exact) mass is 252 g/mol. The van der Waals surface area contributed by atoms with Crippen LogP contribution in [0.5, 0.6) is 0 Å². The molecule has 7 heteroatoms. The number of thiophene rings is 1. The topological polar surface area (TPSA) is 38.0 Å². The molecule has 0 bridgehead atoms. The normalized spacial score (nSPS) is 21.3. The van der Waals surface area contributed by atoms with Crippen molar-refractivity contribution in [3.63, 3.8) is 0 Å². The Bertz CT molecular complexity index is 397. The molecule has 0 fully saturated rings. The molecule has 0 amide bonds. The second-order valence-corrected chi connectivity index (χ2v) is 4.86. The molecule has 2 nitrogen and oxygen atoms in total. The Morgan fingerprint density at radius 2 is 2.13 bits per heavy atom. The number of nitrogens with one attached hydrogen (secondary N) is 1. The first kappa shape index (κ1) is 10.8. The summed E-state index contributed by atoms with van der Waals surface area (Å²) in [5, 5.41) is 5.72. The first-order valence-electron chi connectivity index (χ1n) is 4.00. The fraction of sp³-hybridized carbons (Fsp3) is 0.250. The second-order valence-electron chi connectivity index (χ2n) is 2.93. The lowest BCUT2D eigenvalue weighted by atomic mass is 10.3. The number of hydrogen-bond donors (Lipinski definition) is 2. The number of halogens is 3. The van der Waals surface area contributed by atoms with Gasteiger partial charge in [-0.1, -0.05) is 11.8 Å². The minimum Gasteiger partial charge on any atom is -0.360 e. The van der Waals surface area contributed by atoms with E-state index < -0.39 is 11.7 Å². The minimum atomic E-state index is -4.27. The zero-order chi connectivity index (χ0) is 11.1. The maximum Gasteiger partial charge on any atom is 0.417 e. The standard InChI is InChI=1S/C8H7F3N2S2/c9-8(10,11)4-1-6(14-2-4)5-3-15-7(12)13-5/h1-3,7,13H,12H2. The number of rotatable bonds is 1. The van der Waals surface area contributed by atoms with Crippen LogP contribution in [0.1, 0.15) is 10.4 Å². The van der Waals surface area contributed by atoms with Crippen LogP contribution in [0.2, 0.25) is 0 Å². The zero-order valence-electron chi connectivity index (χ0n) is 7.34. The molecule has 0 aliphatic carbocycles. The Morgan fingerprint density at radius 3 is 2.60 bits per heavy atom. The van der Waals surface area contributed by atoms with E-state index >= 15 is 0 Å². The molecule has 3 N–H and O–H groups in total. The Morgan fingerprint density at radius 1 is 1.40 bits per heavy atom. The summed E-state index contributed by atoms with van der Waals surface area (Å²) in [5.74, 6) is 0. The van der Waals surface area contributed by atoms with Crippen molar-refractivity contribution in [2.75, 3.05) is 0 Å². The lowest BCUT2D eigenvalue weighted by Crippen LogP contribution is -2.28. The van der Waals surface area contributed by atoms with Crippen LogP contribution in [0.25, 0.3) is 5.70 Å². The molecule has 82 valence electrons. The van der Waals surface area contributed by atoms with Crippen molar-refractivity contribution in [2.45, 2.75) is 11.7 Å². The van der Waals surface area contributed by atoms with Gasteiger partial charge in [-0.2, -0.15) is 13.2 Å². The van der Waals surface area contributed by atoms with Gasteiger partial charge in [0.1, 0.15) is 5.50 Å². The maximum absolute atomic E-state index is 12.3. The highest BCUT2D eigenvalue weighted by Gasteiger charge is 2.32. The molecule has 1 aromatic rings.